The van der Waals surface area contributed by atoms with E-state index in [1.807, 2.05) is 6.92 Å². The smallest absolute Gasteiger partial charge is 0.194 e. The number of hydrogen-bond acceptors (Lipinski definition) is 1. The Morgan fingerprint density at radius 3 is 2.48 bits per heavy atom. The quantitative estimate of drug-likeness (QED) is 0.719. The number of hydrogen-bond donors (Lipinski definition) is 1. The first-order valence-electron chi connectivity index (χ1n) is 6.26. The third kappa shape index (κ3) is 3.59. The predicted molar refractivity (Wildman–Crippen MR) is 81.0 cm³/mol. The average Bonchev–Trinajstić information content (AvgIpc) is 2.42. The molecular formula is C15H12BrClF3N. The molecule has 0 saturated heterocycles. The highest BCUT2D eigenvalue weighted by molar-refractivity contribution is 9.10. The van der Waals surface area contributed by atoms with Crippen molar-refractivity contribution in [3.05, 3.63) is 68.4 Å². The molecule has 0 fully saturated rings. The van der Waals surface area contributed by atoms with E-state index < -0.39 is 23.5 Å². The maximum Gasteiger partial charge on any atom is 0.194 e. The zero-order chi connectivity index (χ0) is 15.6. The molecule has 0 aromatic heterocycles. The maximum atomic E-state index is 14.0. The summed E-state index contributed by atoms with van der Waals surface area (Å²) in [6.45, 7) is 2.36. The lowest BCUT2D eigenvalue weighted by atomic mass is 9.98. The molecule has 0 aliphatic rings. The monoisotopic (exact) mass is 377 g/mol. The SMILES string of the molecule is CCNC(c1cc(Cl)cc(Br)c1)c1ccc(F)c(F)c1F. The van der Waals surface area contributed by atoms with Gasteiger partial charge in [-0.25, -0.2) is 13.2 Å². The Bertz CT molecular complexity index is 643. The zero-order valence-electron chi connectivity index (χ0n) is 11.1. The van der Waals surface area contributed by atoms with Crippen LogP contribution in [0.15, 0.2) is 34.8 Å². The Labute approximate surface area is 134 Å². The van der Waals surface area contributed by atoms with E-state index in [2.05, 4.69) is 21.2 Å². The van der Waals surface area contributed by atoms with Gasteiger partial charge < -0.3 is 5.32 Å². The number of nitrogens with one attached hydrogen (secondary N) is 1. The van der Waals surface area contributed by atoms with Crippen molar-refractivity contribution in [1.29, 1.82) is 0 Å². The lowest BCUT2D eigenvalue weighted by Gasteiger charge is -2.20. The molecule has 1 unspecified atom stereocenters. The number of rotatable bonds is 4. The summed E-state index contributed by atoms with van der Waals surface area (Å²) in [5.74, 6) is -3.88. The maximum absolute atomic E-state index is 14.0. The van der Waals surface area contributed by atoms with Crippen LogP contribution in [0.25, 0.3) is 0 Å². The first-order valence-corrected chi connectivity index (χ1v) is 7.44. The molecular weight excluding hydrogens is 367 g/mol. The molecule has 2 aromatic rings. The summed E-state index contributed by atoms with van der Waals surface area (Å²) in [6.07, 6.45) is 0. The molecule has 1 atom stereocenters. The Hall–Kier alpha value is -1.04. The van der Waals surface area contributed by atoms with E-state index in [9.17, 15) is 13.2 Å². The summed E-state index contributed by atoms with van der Waals surface area (Å²) in [6, 6.07) is 6.61. The average molecular weight is 379 g/mol. The highest BCUT2D eigenvalue weighted by atomic mass is 79.9. The minimum atomic E-state index is -1.48. The van der Waals surface area contributed by atoms with E-state index in [1.54, 1.807) is 18.2 Å². The Morgan fingerprint density at radius 1 is 1.14 bits per heavy atom. The van der Waals surface area contributed by atoms with Crippen molar-refractivity contribution in [2.75, 3.05) is 6.54 Å². The molecule has 112 valence electrons. The predicted octanol–water partition coefficient (Wildman–Crippen LogP) is 5.22. The van der Waals surface area contributed by atoms with Crippen LogP contribution in [-0.2, 0) is 0 Å². The van der Waals surface area contributed by atoms with Gasteiger partial charge >= 0.3 is 0 Å². The van der Waals surface area contributed by atoms with Gasteiger partial charge in [0.25, 0.3) is 0 Å². The summed E-state index contributed by atoms with van der Waals surface area (Å²) < 4.78 is 41.3. The Kier molecular flexibility index (Phi) is 5.30. The molecule has 0 aliphatic heterocycles. The van der Waals surface area contributed by atoms with Crippen LogP contribution >= 0.6 is 27.5 Å². The van der Waals surface area contributed by atoms with Crippen LogP contribution in [0.2, 0.25) is 5.02 Å². The molecule has 0 aliphatic carbocycles. The van der Waals surface area contributed by atoms with Crippen molar-refractivity contribution in [2.45, 2.75) is 13.0 Å². The van der Waals surface area contributed by atoms with Gasteiger partial charge in [-0.1, -0.05) is 40.5 Å². The van der Waals surface area contributed by atoms with Crippen molar-refractivity contribution in [1.82, 2.24) is 5.32 Å². The largest absolute Gasteiger partial charge is 0.306 e. The fourth-order valence-corrected chi connectivity index (χ4v) is 3.00. The Balaban J connectivity index is 2.56. The minimum absolute atomic E-state index is 0.0323. The zero-order valence-corrected chi connectivity index (χ0v) is 13.4. The van der Waals surface area contributed by atoms with Gasteiger partial charge in [0, 0.05) is 15.1 Å². The van der Waals surface area contributed by atoms with E-state index in [0.717, 1.165) is 10.5 Å². The van der Waals surface area contributed by atoms with Gasteiger partial charge in [0.2, 0.25) is 0 Å². The molecule has 0 bridgehead atoms. The lowest BCUT2D eigenvalue weighted by Crippen LogP contribution is -2.23. The second-order valence-electron chi connectivity index (χ2n) is 4.46. The second kappa shape index (κ2) is 6.81. The van der Waals surface area contributed by atoms with Crippen LogP contribution in [0.5, 0.6) is 0 Å². The van der Waals surface area contributed by atoms with Crippen LogP contribution in [0.4, 0.5) is 13.2 Å². The van der Waals surface area contributed by atoms with Crippen molar-refractivity contribution < 1.29 is 13.2 Å². The summed E-state index contributed by atoms with van der Waals surface area (Å²) >= 11 is 9.30. The normalized spacial score (nSPS) is 12.5. The summed E-state index contributed by atoms with van der Waals surface area (Å²) in [5.41, 5.74) is 0.686. The van der Waals surface area contributed by atoms with Crippen LogP contribution < -0.4 is 5.32 Å². The molecule has 0 radical (unpaired) electrons. The first-order chi connectivity index (χ1) is 9.93. The van der Waals surface area contributed by atoms with E-state index in [1.165, 1.54) is 6.07 Å². The van der Waals surface area contributed by atoms with Crippen molar-refractivity contribution >= 4 is 27.5 Å². The summed E-state index contributed by atoms with van der Waals surface area (Å²) in [5, 5.41) is 3.51. The molecule has 1 nitrogen and oxygen atoms in total. The van der Waals surface area contributed by atoms with Crippen molar-refractivity contribution in [2.24, 2.45) is 0 Å². The molecule has 0 spiro atoms. The van der Waals surface area contributed by atoms with Gasteiger partial charge in [0.05, 0.1) is 6.04 Å². The molecule has 1 N–H and O–H groups in total. The third-order valence-electron chi connectivity index (χ3n) is 3.00. The molecule has 0 saturated carbocycles. The van der Waals surface area contributed by atoms with E-state index in [4.69, 9.17) is 11.6 Å². The summed E-state index contributed by atoms with van der Waals surface area (Å²) in [7, 11) is 0. The van der Waals surface area contributed by atoms with Gasteiger partial charge in [-0.05, 0) is 36.4 Å². The highest BCUT2D eigenvalue weighted by Gasteiger charge is 2.22. The highest BCUT2D eigenvalue weighted by Crippen LogP contribution is 2.30. The summed E-state index contributed by atoms with van der Waals surface area (Å²) in [4.78, 5) is 0. The second-order valence-corrected chi connectivity index (χ2v) is 5.81. The van der Waals surface area contributed by atoms with Gasteiger partial charge in [-0.2, -0.15) is 0 Å². The van der Waals surface area contributed by atoms with Gasteiger partial charge in [0.1, 0.15) is 0 Å². The molecule has 2 rings (SSSR count). The van der Waals surface area contributed by atoms with E-state index in [0.29, 0.717) is 17.1 Å². The fraction of sp³-hybridized carbons (Fsp3) is 0.200. The van der Waals surface area contributed by atoms with Crippen LogP contribution in [-0.4, -0.2) is 6.54 Å². The van der Waals surface area contributed by atoms with Gasteiger partial charge in [-0.15, -0.1) is 0 Å². The van der Waals surface area contributed by atoms with Gasteiger partial charge in [0.15, 0.2) is 17.5 Å². The standard InChI is InChI=1S/C15H12BrClF3N/c1-2-21-15(8-5-9(16)7-10(17)6-8)11-3-4-12(18)14(20)13(11)19/h3-7,15,21H,2H2,1H3. The van der Waals surface area contributed by atoms with Gasteiger partial charge in [-0.3, -0.25) is 0 Å². The number of benzene rings is 2. The van der Waals surface area contributed by atoms with Crippen molar-refractivity contribution in [3.8, 4) is 0 Å². The molecule has 0 amide bonds. The van der Waals surface area contributed by atoms with Crippen LogP contribution in [0.3, 0.4) is 0 Å². The molecule has 2 aromatic carbocycles. The van der Waals surface area contributed by atoms with E-state index in [-0.39, 0.29) is 5.56 Å². The topological polar surface area (TPSA) is 12.0 Å². The fourth-order valence-electron chi connectivity index (χ4n) is 2.12. The Morgan fingerprint density at radius 2 is 1.86 bits per heavy atom. The molecule has 6 heteroatoms. The number of halogens is 5. The lowest BCUT2D eigenvalue weighted by molar-refractivity contribution is 0.433. The van der Waals surface area contributed by atoms with E-state index >= 15 is 0 Å². The molecule has 21 heavy (non-hydrogen) atoms. The van der Waals surface area contributed by atoms with Crippen molar-refractivity contribution in [3.63, 3.8) is 0 Å². The third-order valence-corrected chi connectivity index (χ3v) is 3.68. The van der Waals surface area contributed by atoms with Crippen LogP contribution in [0.1, 0.15) is 24.1 Å². The first kappa shape index (κ1) is 16.3. The minimum Gasteiger partial charge on any atom is -0.306 e. The van der Waals surface area contributed by atoms with Crippen LogP contribution in [0, 0.1) is 17.5 Å². The molecule has 0 heterocycles.